The Hall–Kier alpha value is -3.61. The van der Waals surface area contributed by atoms with Crippen LogP contribution < -0.4 is 0 Å². The molecule has 0 unspecified atom stereocenters. The van der Waals surface area contributed by atoms with Crippen molar-refractivity contribution in [3.8, 4) is 22.5 Å². The van der Waals surface area contributed by atoms with Crippen LogP contribution in [0.25, 0.3) is 22.5 Å². The molecule has 168 valence electrons. The van der Waals surface area contributed by atoms with Gasteiger partial charge in [0.25, 0.3) is 0 Å². The molecule has 1 N–H and O–H groups in total. The molecular weight excluding hydrogens is 412 g/mol. The lowest BCUT2D eigenvalue weighted by Crippen LogP contribution is -2.14. The zero-order valence-corrected chi connectivity index (χ0v) is 19.1. The Morgan fingerprint density at radius 2 is 1.76 bits per heavy atom. The summed E-state index contributed by atoms with van der Waals surface area (Å²) in [7, 11) is 0. The highest BCUT2D eigenvalue weighted by Gasteiger charge is 2.25. The maximum atomic E-state index is 12.9. The van der Waals surface area contributed by atoms with E-state index in [1.165, 1.54) is 0 Å². The van der Waals surface area contributed by atoms with E-state index >= 15 is 0 Å². The SMILES string of the molecule is CC(C)Cc1nc2c(n1Cc1ccc(-c3ccccc3-c3nn[nH]n3)cc1)C(=O)CCCC2. The van der Waals surface area contributed by atoms with Crippen molar-refractivity contribution in [2.24, 2.45) is 5.92 Å². The summed E-state index contributed by atoms with van der Waals surface area (Å²) in [6.07, 6.45) is 4.36. The van der Waals surface area contributed by atoms with Crippen LogP contribution in [0.3, 0.4) is 0 Å². The summed E-state index contributed by atoms with van der Waals surface area (Å²) in [5.74, 6) is 2.31. The number of hydrogen-bond donors (Lipinski definition) is 1. The maximum absolute atomic E-state index is 12.9. The van der Waals surface area contributed by atoms with Gasteiger partial charge < -0.3 is 4.57 Å². The molecule has 4 aromatic rings. The van der Waals surface area contributed by atoms with Crippen LogP contribution in [0.1, 0.15) is 60.7 Å². The van der Waals surface area contributed by atoms with Gasteiger partial charge >= 0.3 is 0 Å². The molecular formula is C26H28N6O. The van der Waals surface area contributed by atoms with E-state index in [4.69, 9.17) is 4.98 Å². The standard InChI is InChI=1S/C26H28N6O/c1-17(2)15-24-27-22-9-5-6-10-23(33)25(22)32(24)16-18-11-13-19(14-12-18)20-7-3-4-8-21(20)26-28-30-31-29-26/h3-4,7-8,11-14,17H,5-6,9-10,15-16H2,1-2H3,(H,28,29,30,31). The number of fused-ring (bicyclic) bond motifs is 1. The van der Waals surface area contributed by atoms with Gasteiger partial charge in [-0.05, 0) is 47.1 Å². The number of imidazole rings is 1. The molecule has 0 saturated carbocycles. The highest BCUT2D eigenvalue weighted by Crippen LogP contribution is 2.30. The summed E-state index contributed by atoms with van der Waals surface area (Å²) in [6, 6.07) is 16.6. The van der Waals surface area contributed by atoms with Gasteiger partial charge in [-0.3, -0.25) is 4.79 Å². The van der Waals surface area contributed by atoms with Gasteiger partial charge in [0.15, 0.2) is 5.78 Å². The third kappa shape index (κ3) is 4.35. The number of carbonyl (C=O) groups excluding carboxylic acids is 1. The second-order valence-electron chi connectivity index (χ2n) is 9.12. The number of Topliss-reactive ketones (excluding diaryl/α,β-unsaturated/α-hetero) is 1. The molecule has 7 heteroatoms. The zero-order chi connectivity index (χ0) is 22.8. The number of rotatable bonds is 6. The quantitative estimate of drug-likeness (QED) is 0.431. The van der Waals surface area contributed by atoms with Gasteiger partial charge in [-0.25, -0.2) is 4.98 Å². The lowest BCUT2D eigenvalue weighted by atomic mass is 9.98. The summed E-state index contributed by atoms with van der Waals surface area (Å²) in [4.78, 5) is 17.8. The molecule has 2 aromatic heterocycles. The van der Waals surface area contributed by atoms with Crippen LogP contribution in [0.4, 0.5) is 0 Å². The summed E-state index contributed by atoms with van der Waals surface area (Å²) in [5, 5.41) is 14.5. The van der Waals surface area contributed by atoms with Crippen molar-refractivity contribution < 1.29 is 4.79 Å². The molecule has 0 bridgehead atoms. The van der Waals surface area contributed by atoms with Crippen LogP contribution in [-0.2, 0) is 19.4 Å². The number of hydrogen-bond acceptors (Lipinski definition) is 5. The Bertz CT molecular complexity index is 1250. The van der Waals surface area contributed by atoms with Gasteiger partial charge in [0.2, 0.25) is 5.82 Å². The van der Waals surface area contributed by atoms with E-state index in [1.807, 2.05) is 18.2 Å². The summed E-state index contributed by atoms with van der Waals surface area (Å²) < 4.78 is 2.17. The number of nitrogens with zero attached hydrogens (tertiary/aromatic N) is 5. The number of aromatic amines is 1. The average Bonchev–Trinajstić information content (AvgIpc) is 3.42. The van der Waals surface area contributed by atoms with E-state index in [0.717, 1.165) is 65.1 Å². The fourth-order valence-electron chi connectivity index (χ4n) is 4.61. The highest BCUT2D eigenvalue weighted by molar-refractivity contribution is 5.96. The summed E-state index contributed by atoms with van der Waals surface area (Å²) in [5.41, 5.74) is 6.04. The fraction of sp³-hybridized carbons (Fsp3) is 0.346. The molecule has 0 saturated heterocycles. The predicted molar refractivity (Wildman–Crippen MR) is 127 cm³/mol. The van der Waals surface area contributed by atoms with Crippen LogP contribution in [0.5, 0.6) is 0 Å². The first kappa shape index (κ1) is 21.2. The van der Waals surface area contributed by atoms with E-state index in [2.05, 4.69) is 69.4 Å². The second-order valence-corrected chi connectivity index (χ2v) is 9.12. The second kappa shape index (κ2) is 9.10. The normalized spacial score (nSPS) is 13.8. The minimum absolute atomic E-state index is 0.232. The third-order valence-corrected chi connectivity index (χ3v) is 6.16. The summed E-state index contributed by atoms with van der Waals surface area (Å²) >= 11 is 0. The van der Waals surface area contributed by atoms with Crippen molar-refractivity contribution in [2.45, 2.75) is 52.5 Å². The van der Waals surface area contributed by atoms with E-state index in [0.29, 0.717) is 24.7 Å². The van der Waals surface area contributed by atoms with Crippen LogP contribution in [-0.4, -0.2) is 36.0 Å². The minimum atomic E-state index is 0.232. The molecule has 0 fully saturated rings. The molecule has 2 heterocycles. The Morgan fingerprint density at radius 3 is 2.48 bits per heavy atom. The van der Waals surface area contributed by atoms with Gasteiger partial charge in [-0.15, -0.1) is 10.2 Å². The van der Waals surface area contributed by atoms with Crippen molar-refractivity contribution in [1.82, 2.24) is 30.2 Å². The van der Waals surface area contributed by atoms with E-state index in [1.54, 1.807) is 0 Å². The first-order valence-corrected chi connectivity index (χ1v) is 11.6. The van der Waals surface area contributed by atoms with E-state index in [9.17, 15) is 4.79 Å². The molecule has 0 atom stereocenters. The van der Waals surface area contributed by atoms with Crippen LogP contribution in [0.15, 0.2) is 48.5 Å². The minimum Gasteiger partial charge on any atom is -0.321 e. The van der Waals surface area contributed by atoms with Gasteiger partial charge in [0.1, 0.15) is 11.5 Å². The molecule has 0 amide bonds. The first-order valence-electron chi connectivity index (χ1n) is 11.6. The third-order valence-electron chi connectivity index (χ3n) is 6.16. The van der Waals surface area contributed by atoms with Crippen LogP contribution in [0, 0.1) is 5.92 Å². The lowest BCUT2D eigenvalue weighted by Gasteiger charge is -2.14. The predicted octanol–water partition coefficient (Wildman–Crippen LogP) is 4.89. The molecule has 0 radical (unpaired) electrons. The number of H-pyrrole nitrogens is 1. The van der Waals surface area contributed by atoms with Gasteiger partial charge in [-0.1, -0.05) is 62.4 Å². The Kier molecular flexibility index (Phi) is 5.86. The Balaban J connectivity index is 1.48. The van der Waals surface area contributed by atoms with Crippen molar-refractivity contribution in [1.29, 1.82) is 0 Å². The molecule has 1 aliphatic carbocycles. The smallest absolute Gasteiger partial charge is 0.205 e. The van der Waals surface area contributed by atoms with Gasteiger partial charge in [-0.2, -0.15) is 5.21 Å². The van der Waals surface area contributed by atoms with Crippen molar-refractivity contribution in [3.05, 3.63) is 71.3 Å². The number of aryl methyl sites for hydroxylation is 1. The number of nitrogens with one attached hydrogen (secondary N) is 1. The number of ketones is 1. The van der Waals surface area contributed by atoms with Crippen LogP contribution in [0.2, 0.25) is 0 Å². The lowest BCUT2D eigenvalue weighted by molar-refractivity contribution is 0.0973. The molecule has 2 aromatic carbocycles. The molecule has 0 spiro atoms. The highest BCUT2D eigenvalue weighted by atomic mass is 16.1. The largest absolute Gasteiger partial charge is 0.321 e. The Morgan fingerprint density at radius 1 is 1.00 bits per heavy atom. The zero-order valence-electron chi connectivity index (χ0n) is 19.1. The molecule has 1 aliphatic rings. The van der Waals surface area contributed by atoms with E-state index in [-0.39, 0.29) is 5.78 Å². The summed E-state index contributed by atoms with van der Waals surface area (Å²) in [6.45, 7) is 5.05. The molecule has 33 heavy (non-hydrogen) atoms. The van der Waals surface area contributed by atoms with Crippen molar-refractivity contribution in [2.75, 3.05) is 0 Å². The number of carbonyl (C=O) groups is 1. The first-order chi connectivity index (χ1) is 16.1. The topological polar surface area (TPSA) is 89.3 Å². The van der Waals surface area contributed by atoms with Crippen molar-refractivity contribution in [3.63, 3.8) is 0 Å². The van der Waals surface area contributed by atoms with Crippen molar-refractivity contribution >= 4 is 5.78 Å². The number of aromatic nitrogens is 6. The fourth-order valence-corrected chi connectivity index (χ4v) is 4.61. The molecule has 7 nitrogen and oxygen atoms in total. The van der Waals surface area contributed by atoms with Gasteiger partial charge in [0, 0.05) is 24.9 Å². The monoisotopic (exact) mass is 440 g/mol. The molecule has 5 rings (SSSR count). The van der Waals surface area contributed by atoms with E-state index < -0.39 is 0 Å². The van der Waals surface area contributed by atoms with Gasteiger partial charge in [0.05, 0.1) is 5.69 Å². The number of benzene rings is 2. The number of tetrazole rings is 1. The molecule has 0 aliphatic heterocycles. The average molecular weight is 441 g/mol. The maximum Gasteiger partial charge on any atom is 0.205 e. The Labute approximate surface area is 193 Å². The van der Waals surface area contributed by atoms with Crippen LogP contribution >= 0.6 is 0 Å².